The van der Waals surface area contributed by atoms with Crippen LogP contribution in [0.3, 0.4) is 0 Å². The van der Waals surface area contributed by atoms with Crippen molar-refractivity contribution >= 4 is 33.6 Å². The van der Waals surface area contributed by atoms with Crippen LogP contribution in [-0.4, -0.2) is 70.8 Å². The van der Waals surface area contributed by atoms with Crippen molar-refractivity contribution in [3.8, 4) is 0 Å². The smallest absolute Gasteiger partial charge is 0.410 e. The molecule has 2 atom stereocenters. The number of hydrogen-bond donors (Lipinski definition) is 1. The average molecular weight is 479 g/mol. The van der Waals surface area contributed by atoms with Crippen molar-refractivity contribution in [2.24, 2.45) is 0 Å². The maximum absolute atomic E-state index is 13.5. The zero-order valence-corrected chi connectivity index (χ0v) is 20.0. The van der Waals surface area contributed by atoms with Crippen LogP contribution >= 0.6 is 15.9 Å². The summed E-state index contributed by atoms with van der Waals surface area (Å²) in [4.78, 5) is 32.2. The Morgan fingerprint density at radius 2 is 2.00 bits per heavy atom. The van der Waals surface area contributed by atoms with Gasteiger partial charge in [0.25, 0.3) is 5.91 Å². The van der Waals surface area contributed by atoms with Gasteiger partial charge >= 0.3 is 6.09 Å². The zero-order valence-electron chi connectivity index (χ0n) is 18.4. The summed E-state index contributed by atoms with van der Waals surface area (Å²) in [5.74, 6) is 0.0430. The molecule has 1 N–H and O–H groups in total. The summed E-state index contributed by atoms with van der Waals surface area (Å²) in [5.41, 5.74) is 0.847. The lowest BCUT2D eigenvalue weighted by Crippen LogP contribution is -2.63. The molecule has 1 aliphatic carbocycles. The summed E-state index contributed by atoms with van der Waals surface area (Å²) < 4.78 is 6.59. The van der Waals surface area contributed by atoms with Crippen LogP contribution in [0.5, 0.6) is 0 Å². The second-order valence-electron chi connectivity index (χ2n) is 9.89. The van der Waals surface area contributed by atoms with Crippen molar-refractivity contribution in [2.75, 3.05) is 26.0 Å². The van der Waals surface area contributed by atoms with E-state index in [1.54, 1.807) is 0 Å². The summed E-state index contributed by atoms with van der Waals surface area (Å²) in [6, 6.07) is 5.79. The maximum atomic E-state index is 13.5. The highest BCUT2D eigenvalue weighted by Gasteiger charge is 2.56. The number of hydrogen-bond acceptors (Lipinski definition) is 5. The van der Waals surface area contributed by atoms with Gasteiger partial charge in [-0.2, -0.15) is 0 Å². The van der Waals surface area contributed by atoms with Gasteiger partial charge in [0.1, 0.15) is 5.60 Å². The predicted octanol–water partition coefficient (Wildman–Crippen LogP) is 4.09. The first kappa shape index (κ1) is 21.4. The Bertz CT molecular complexity index is 862. The van der Waals surface area contributed by atoms with Crippen LogP contribution in [-0.2, 0) is 4.74 Å². The molecular formula is C22H31BrN4O3. The average Bonchev–Trinajstić information content (AvgIpc) is 3.38. The molecule has 0 aromatic heterocycles. The highest BCUT2D eigenvalue weighted by molar-refractivity contribution is 9.10. The van der Waals surface area contributed by atoms with Gasteiger partial charge in [-0.05, 0) is 78.7 Å². The quantitative estimate of drug-likeness (QED) is 0.692. The standard InChI is InChI=1S/C22H31BrN4O3/c1-21(2,3)30-20(29)26-11-8-15(13-22(26)9-10-22)27-18(28)16-7-6-14(23)12-17(16)24-19(27)25(4)5/h6-7,12,15,19,24H,8-11,13H2,1-5H3. The predicted molar refractivity (Wildman–Crippen MR) is 119 cm³/mol. The second-order valence-corrected chi connectivity index (χ2v) is 10.8. The minimum atomic E-state index is -0.509. The molecular weight excluding hydrogens is 448 g/mol. The molecule has 0 radical (unpaired) electrons. The molecule has 4 rings (SSSR count). The largest absolute Gasteiger partial charge is 0.444 e. The third kappa shape index (κ3) is 3.91. The Balaban J connectivity index is 1.57. The van der Waals surface area contributed by atoms with E-state index in [1.807, 2.05) is 67.8 Å². The normalized spacial score (nSPS) is 25.2. The number of anilines is 1. The van der Waals surface area contributed by atoms with Crippen molar-refractivity contribution in [3.05, 3.63) is 28.2 Å². The molecule has 30 heavy (non-hydrogen) atoms. The molecule has 1 saturated heterocycles. The van der Waals surface area contributed by atoms with Crippen LogP contribution in [0.2, 0.25) is 0 Å². The van der Waals surface area contributed by atoms with Crippen LogP contribution in [0, 0.1) is 0 Å². The third-order valence-electron chi connectivity index (χ3n) is 6.19. The molecule has 2 unspecified atom stereocenters. The number of ether oxygens (including phenoxy) is 1. The number of likely N-dealkylation sites (tertiary alicyclic amines) is 1. The van der Waals surface area contributed by atoms with Gasteiger partial charge in [-0.15, -0.1) is 0 Å². The van der Waals surface area contributed by atoms with E-state index in [2.05, 4.69) is 21.2 Å². The number of carbonyl (C=O) groups excluding carboxylic acids is 2. The molecule has 1 saturated carbocycles. The fraction of sp³-hybridized carbons (Fsp3) is 0.636. The molecule has 0 bridgehead atoms. The molecule has 1 spiro atoms. The third-order valence-corrected chi connectivity index (χ3v) is 6.69. The van der Waals surface area contributed by atoms with Gasteiger partial charge in [-0.1, -0.05) is 15.9 Å². The highest BCUT2D eigenvalue weighted by Crippen LogP contribution is 2.50. The molecule has 7 nitrogen and oxygen atoms in total. The molecule has 1 aromatic rings. The van der Waals surface area contributed by atoms with Gasteiger partial charge < -0.3 is 19.9 Å². The molecule has 8 heteroatoms. The lowest BCUT2D eigenvalue weighted by molar-refractivity contribution is -0.0172. The number of piperidine rings is 1. The van der Waals surface area contributed by atoms with Gasteiger partial charge in [0.2, 0.25) is 0 Å². The van der Waals surface area contributed by atoms with E-state index in [1.165, 1.54) is 0 Å². The van der Waals surface area contributed by atoms with Crippen molar-refractivity contribution in [1.82, 2.24) is 14.7 Å². The van der Waals surface area contributed by atoms with E-state index >= 15 is 0 Å². The van der Waals surface area contributed by atoms with Gasteiger partial charge in [0.05, 0.1) is 11.3 Å². The van der Waals surface area contributed by atoms with Crippen LogP contribution in [0.15, 0.2) is 22.7 Å². The van der Waals surface area contributed by atoms with E-state index in [0.29, 0.717) is 12.1 Å². The Morgan fingerprint density at radius 3 is 2.60 bits per heavy atom. The van der Waals surface area contributed by atoms with E-state index < -0.39 is 5.60 Å². The second kappa shape index (κ2) is 7.41. The fourth-order valence-corrected chi connectivity index (χ4v) is 5.01. The topological polar surface area (TPSA) is 65.1 Å². The number of nitrogens with zero attached hydrogens (tertiary/aromatic N) is 3. The minimum absolute atomic E-state index is 0.0430. The minimum Gasteiger partial charge on any atom is -0.444 e. The Labute approximate surface area is 186 Å². The van der Waals surface area contributed by atoms with E-state index in [-0.39, 0.29) is 29.9 Å². The lowest BCUT2D eigenvalue weighted by atomic mass is 9.92. The Kier molecular flexibility index (Phi) is 5.29. The van der Waals surface area contributed by atoms with Crippen LogP contribution in [0.25, 0.3) is 0 Å². The number of benzene rings is 1. The maximum Gasteiger partial charge on any atom is 0.410 e. The van der Waals surface area contributed by atoms with E-state index in [0.717, 1.165) is 35.8 Å². The van der Waals surface area contributed by atoms with Gasteiger partial charge in [-0.25, -0.2) is 4.79 Å². The van der Waals surface area contributed by atoms with Crippen molar-refractivity contribution in [1.29, 1.82) is 0 Å². The van der Waals surface area contributed by atoms with Crippen LogP contribution < -0.4 is 5.32 Å². The van der Waals surface area contributed by atoms with E-state index in [9.17, 15) is 9.59 Å². The summed E-state index contributed by atoms with van der Waals surface area (Å²) in [5, 5.41) is 3.52. The SMILES string of the molecule is CN(C)C1Nc2cc(Br)ccc2C(=O)N1C1CCN(C(=O)OC(C)(C)C)C2(CC2)C1. The van der Waals surface area contributed by atoms with Gasteiger partial charge in [-0.3, -0.25) is 9.69 Å². The Morgan fingerprint density at radius 1 is 1.30 bits per heavy atom. The fourth-order valence-electron chi connectivity index (χ4n) is 4.65. The van der Waals surface area contributed by atoms with Crippen molar-refractivity contribution < 1.29 is 14.3 Å². The summed E-state index contributed by atoms with van der Waals surface area (Å²) in [7, 11) is 3.95. The monoisotopic (exact) mass is 478 g/mol. The first-order valence-corrected chi connectivity index (χ1v) is 11.4. The molecule has 2 amide bonds. The zero-order chi connectivity index (χ0) is 21.8. The van der Waals surface area contributed by atoms with E-state index in [4.69, 9.17) is 4.74 Å². The molecule has 2 aliphatic heterocycles. The van der Waals surface area contributed by atoms with Crippen LogP contribution in [0.1, 0.15) is 56.8 Å². The highest BCUT2D eigenvalue weighted by atomic mass is 79.9. The van der Waals surface area contributed by atoms with Gasteiger partial charge in [0.15, 0.2) is 6.29 Å². The number of halogens is 1. The summed E-state index contributed by atoms with van der Waals surface area (Å²) >= 11 is 3.50. The molecule has 2 fully saturated rings. The number of fused-ring (bicyclic) bond motifs is 1. The lowest BCUT2D eigenvalue weighted by Gasteiger charge is -2.49. The van der Waals surface area contributed by atoms with Gasteiger partial charge in [0, 0.05) is 22.6 Å². The van der Waals surface area contributed by atoms with Crippen LogP contribution in [0.4, 0.5) is 10.5 Å². The molecule has 164 valence electrons. The molecule has 2 heterocycles. The number of carbonyl (C=O) groups is 2. The first-order valence-electron chi connectivity index (χ1n) is 10.6. The Hall–Kier alpha value is -1.80. The summed E-state index contributed by atoms with van der Waals surface area (Å²) in [6.45, 7) is 6.29. The molecule has 3 aliphatic rings. The molecule has 1 aromatic carbocycles. The summed E-state index contributed by atoms with van der Waals surface area (Å²) in [6.07, 6.45) is 3.00. The number of rotatable bonds is 2. The number of nitrogens with one attached hydrogen (secondary N) is 1. The number of amides is 2. The first-order chi connectivity index (χ1) is 14.0. The van der Waals surface area contributed by atoms with Crippen molar-refractivity contribution in [2.45, 2.75) is 69.9 Å². The van der Waals surface area contributed by atoms with Crippen molar-refractivity contribution in [3.63, 3.8) is 0 Å².